The molecule has 0 saturated carbocycles. The molecule has 54 heavy (non-hydrogen) atoms. The number of carbonyl (C=O) groups excluding carboxylic acids is 3. The van der Waals surface area contributed by atoms with Gasteiger partial charge in [0.25, 0.3) is 0 Å². The first kappa shape index (κ1) is 37.1. The fourth-order valence-electron chi connectivity index (χ4n) is 7.68. The number of nitrogens with two attached hydrogens (primary N) is 1. The van der Waals surface area contributed by atoms with Crippen LogP contribution in [0.1, 0.15) is 67.6 Å². The van der Waals surface area contributed by atoms with Crippen molar-refractivity contribution in [3.8, 4) is 0 Å². The van der Waals surface area contributed by atoms with E-state index in [4.69, 9.17) is 15.2 Å². The predicted molar refractivity (Wildman–Crippen MR) is 207 cm³/mol. The van der Waals surface area contributed by atoms with Crippen molar-refractivity contribution in [2.24, 2.45) is 0 Å². The Morgan fingerprint density at radius 2 is 1.57 bits per heavy atom. The third kappa shape index (κ3) is 8.58. The summed E-state index contributed by atoms with van der Waals surface area (Å²) in [7, 11) is 0. The smallest absolute Gasteiger partial charge is 0.247 e. The van der Waals surface area contributed by atoms with E-state index in [-0.39, 0.29) is 49.4 Å². The number of hydrogen-bond donors (Lipinski definition) is 5. The molecule has 12 nitrogen and oxygen atoms in total. The number of nitrogens with one attached hydrogen (secondary N) is 3. The number of anilines is 4. The number of benzene rings is 4. The van der Waals surface area contributed by atoms with Crippen molar-refractivity contribution in [3.05, 3.63) is 120 Å². The number of aliphatic hydroxyl groups is 1. The van der Waals surface area contributed by atoms with E-state index in [1.807, 2.05) is 66.7 Å². The van der Waals surface area contributed by atoms with Crippen molar-refractivity contribution < 1.29 is 29.0 Å². The summed E-state index contributed by atoms with van der Waals surface area (Å²) in [6.07, 6.45) is 1.67. The molecule has 0 unspecified atom stereocenters. The van der Waals surface area contributed by atoms with Crippen molar-refractivity contribution in [1.29, 1.82) is 0 Å². The lowest BCUT2D eigenvalue weighted by molar-refractivity contribution is -0.253. The lowest BCUT2D eigenvalue weighted by Gasteiger charge is -2.45. The highest BCUT2D eigenvalue weighted by atomic mass is 16.7. The number of carbonyl (C=O) groups is 3. The molecule has 3 heterocycles. The first-order valence-electron chi connectivity index (χ1n) is 18.7. The van der Waals surface area contributed by atoms with Crippen LogP contribution in [0.4, 0.5) is 22.7 Å². The quantitative estimate of drug-likeness (QED) is 0.119. The van der Waals surface area contributed by atoms with Crippen molar-refractivity contribution >= 4 is 40.5 Å². The van der Waals surface area contributed by atoms with E-state index < -0.39 is 11.8 Å². The van der Waals surface area contributed by atoms with Crippen molar-refractivity contribution in [3.63, 3.8) is 0 Å². The third-order valence-electron chi connectivity index (χ3n) is 10.7. The average molecular weight is 733 g/mol. The van der Waals surface area contributed by atoms with Gasteiger partial charge in [-0.25, -0.2) is 0 Å². The third-order valence-corrected chi connectivity index (χ3v) is 10.7. The second-order valence-corrected chi connectivity index (χ2v) is 14.3. The van der Waals surface area contributed by atoms with Crippen molar-refractivity contribution in [1.82, 2.24) is 10.2 Å². The highest BCUT2D eigenvalue weighted by Gasteiger charge is 2.50. The number of ether oxygens (including phenoxy) is 2. The number of rotatable bonds is 12. The summed E-state index contributed by atoms with van der Waals surface area (Å²) < 4.78 is 13.2. The molecule has 282 valence electrons. The van der Waals surface area contributed by atoms with Gasteiger partial charge in [-0.2, -0.15) is 0 Å². The lowest BCUT2D eigenvalue weighted by Crippen LogP contribution is -2.57. The Hall–Kier alpha value is -5.27. The number of aliphatic hydroxyl groups excluding tert-OH is 1. The molecule has 3 atom stereocenters. The molecule has 0 aliphatic carbocycles. The predicted octanol–water partition coefficient (Wildman–Crippen LogP) is 5.48. The van der Waals surface area contributed by atoms with Gasteiger partial charge in [0.2, 0.25) is 17.7 Å². The Kier molecular flexibility index (Phi) is 11.5. The van der Waals surface area contributed by atoms with Crippen LogP contribution in [0.2, 0.25) is 0 Å². The second-order valence-electron chi connectivity index (χ2n) is 14.3. The number of para-hydroxylation sites is 3. The molecule has 3 fully saturated rings. The Bertz CT molecular complexity index is 1920. The molecule has 6 N–H and O–H groups in total. The average Bonchev–Trinajstić information content (AvgIpc) is 3.51. The molecule has 3 aliphatic heterocycles. The van der Waals surface area contributed by atoms with Gasteiger partial charge < -0.3 is 46.1 Å². The van der Waals surface area contributed by atoms with Gasteiger partial charge in [-0.15, -0.1) is 0 Å². The molecule has 0 aromatic heterocycles. The molecule has 4 aromatic carbocycles. The van der Waals surface area contributed by atoms with Gasteiger partial charge in [-0.05, 0) is 66.8 Å². The normalized spacial score (nSPS) is 21.1. The van der Waals surface area contributed by atoms with E-state index >= 15 is 0 Å². The Balaban J connectivity index is 0.988. The highest BCUT2D eigenvalue weighted by molar-refractivity contribution is 5.95. The zero-order chi connectivity index (χ0) is 37.5. The van der Waals surface area contributed by atoms with Crippen LogP contribution in [-0.2, 0) is 30.5 Å². The molecular formula is C42H48N6O6. The van der Waals surface area contributed by atoms with Gasteiger partial charge >= 0.3 is 0 Å². The van der Waals surface area contributed by atoms with Crippen LogP contribution in [0.25, 0.3) is 0 Å². The van der Waals surface area contributed by atoms with Crippen LogP contribution < -0.4 is 26.6 Å². The van der Waals surface area contributed by atoms with Crippen LogP contribution in [0.5, 0.6) is 0 Å². The van der Waals surface area contributed by atoms with Crippen molar-refractivity contribution in [2.75, 3.05) is 47.6 Å². The Labute approximate surface area is 315 Å². The number of piperidine rings is 1. The maximum absolute atomic E-state index is 13.2. The zero-order valence-corrected chi connectivity index (χ0v) is 30.3. The van der Waals surface area contributed by atoms with E-state index in [1.165, 1.54) is 0 Å². The number of nitrogens with zero attached hydrogens (tertiary/aromatic N) is 2. The summed E-state index contributed by atoms with van der Waals surface area (Å²) >= 11 is 0. The van der Waals surface area contributed by atoms with Crippen LogP contribution >= 0.6 is 0 Å². The fourth-order valence-corrected chi connectivity index (χ4v) is 7.68. The van der Waals surface area contributed by atoms with E-state index in [2.05, 4.69) is 37.9 Å². The SMILES string of the molecule is Nc1ccccc1NC(=O)CCCC(=O)Nc1cccc([C@@H]2O[C@H](CN3CCC4(CC3)C(=O)NCN4c3ccccc3)C[C@H](c3ccc(CO)cc3)O2)c1. The Morgan fingerprint density at radius 3 is 2.31 bits per heavy atom. The molecule has 0 bridgehead atoms. The van der Waals surface area contributed by atoms with Gasteiger partial charge in [-0.3, -0.25) is 14.4 Å². The summed E-state index contributed by atoms with van der Waals surface area (Å²) in [5.41, 5.74) is 10.6. The second kappa shape index (κ2) is 16.8. The van der Waals surface area contributed by atoms with Crippen LogP contribution in [0.15, 0.2) is 103 Å². The fraction of sp³-hybridized carbons (Fsp3) is 0.357. The summed E-state index contributed by atoms with van der Waals surface area (Å²) in [6.45, 7) is 2.65. The zero-order valence-electron chi connectivity index (χ0n) is 30.3. The number of amides is 3. The summed E-state index contributed by atoms with van der Waals surface area (Å²) in [4.78, 5) is 43.2. The van der Waals surface area contributed by atoms with Gasteiger partial charge in [0, 0.05) is 55.8 Å². The molecule has 3 aliphatic rings. The van der Waals surface area contributed by atoms with E-state index in [0.29, 0.717) is 56.0 Å². The van der Waals surface area contributed by atoms with E-state index in [0.717, 1.165) is 35.5 Å². The molecular weight excluding hydrogens is 684 g/mol. The van der Waals surface area contributed by atoms with Crippen molar-refractivity contribution in [2.45, 2.75) is 69.2 Å². The first-order valence-corrected chi connectivity index (χ1v) is 18.7. The lowest BCUT2D eigenvalue weighted by atomic mass is 9.85. The molecule has 12 heteroatoms. The molecule has 7 rings (SSSR count). The summed E-state index contributed by atoms with van der Waals surface area (Å²) in [5, 5.41) is 18.5. The minimum atomic E-state index is -0.692. The molecule has 3 amide bonds. The van der Waals surface area contributed by atoms with E-state index in [9.17, 15) is 19.5 Å². The monoisotopic (exact) mass is 732 g/mol. The largest absolute Gasteiger partial charge is 0.397 e. The van der Waals surface area contributed by atoms with Gasteiger partial charge in [0.05, 0.1) is 36.9 Å². The standard InChI is InChI=1S/C42H48N6O6/c43-35-12-4-5-13-36(35)46-39(51)15-7-14-38(50)45-32-9-6-8-31(24-32)40-53-34(25-37(54-40)30-18-16-29(27-49)17-19-30)26-47-22-20-42(21-23-47)41(52)44-28-48(42)33-10-2-1-3-11-33/h1-6,8-13,16-19,24,34,37,40,49H,7,14-15,20-23,25-28,43H2,(H,44,52)(H,45,50)(H,46,51)/t34-,37+,40+/m0/s1. The Morgan fingerprint density at radius 1 is 0.852 bits per heavy atom. The highest BCUT2D eigenvalue weighted by Crippen LogP contribution is 2.40. The molecule has 0 radical (unpaired) electrons. The van der Waals surface area contributed by atoms with Gasteiger partial charge in [0.1, 0.15) is 5.54 Å². The number of hydrogen-bond acceptors (Lipinski definition) is 9. The number of nitrogen functional groups attached to an aromatic ring is 1. The maximum atomic E-state index is 13.2. The van der Waals surface area contributed by atoms with Crippen LogP contribution in [-0.4, -0.2) is 65.7 Å². The molecule has 3 saturated heterocycles. The van der Waals surface area contributed by atoms with E-state index in [1.54, 1.807) is 24.3 Å². The topological polar surface area (TPSA) is 158 Å². The minimum Gasteiger partial charge on any atom is -0.397 e. The minimum absolute atomic E-state index is 0.0368. The van der Waals surface area contributed by atoms with Crippen LogP contribution in [0.3, 0.4) is 0 Å². The molecule has 1 spiro atoms. The summed E-state index contributed by atoms with van der Waals surface area (Å²) in [5.74, 6) is -0.313. The first-order chi connectivity index (χ1) is 26.3. The number of likely N-dealkylation sites (tertiary alicyclic amines) is 1. The maximum Gasteiger partial charge on any atom is 0.247 e. The van der Waals surface area contributed by atoms with Gasteiger partial charge in [-0.1, -0.05) is 66.7 Å². The molecule has 4 aromatic rings. The van der Waals surface area contributed by atoms with Gasteiger partial charge in [0.15, 0.2) is 6.29 Å². The summed E-state index contributed by atoms with van der Waals surface area (Å²) in [6, 6.07) is 32.4. The van der Waals surface area contributed by atoms with Crippen LogP contribution in [0, 0.1) is 0 Å².